The largest absolute Gasteiger partial charge is 0.103 e. The molecule has 0 aromatic heterocycles. The van der Waals surface area contributed by atoms with Crippen molar-refractivity contribution in [3.63, 3.8) is 0 Å². The number of allylic oxidation sites excluding steroid dienone is 2. The third-order valence-corrected chi connectivity index (χ3v) is 2.14. The first-order valence-corrected chi connectivity index (χ1v) is 5.26. The Morgan fingerprint density at radius 3 is 2.43 bits per heavy atom. The molecule has 1 aromatic rings. The van der Waals surface area contributed by atoms with Gasteiger partial charge in [0.05, 0.1) is 0 Å². The molecule has 1 aromatic carbocycles. The Hall–Kier alpha value is -1.30. The van der Waals surface area contributed by atoms with Gasteiger partial charge in [-0.25, -0.2) is 0 Å². The maximum absolute atomic E-state index is 3.71. The van der Waals surface area contributed by atoms with Crippen LogP contribution in [0.25, 0.3) is 6.08 Å². The molecule has 0 unspecified atom stereocenters. The van der Waals surface area contributed by atoms with E-state index in [0.29, 0.717) is 0 Å². The van der Waals surface area contributed by atoms with Crippen LogP contribution in [0.15, 0.2) is 49.1 Å². The summed E-state index contributed by atoms with van der Waals surface area (Å²) in [6.45, 7) is 3.71. The second-order valence-corrected chi connectivity index (χ2v) is 3.39. The summed E-state index contributed by atoms with van der Waals surface area (Å²) in [6, 6.07) is 10.4. The number of benzene rings is 1. The molecule has 0 nitrogen and oxygen atoms in total. The minimum atomic E-state index is 1.14. The van der Waals surface area contributed by atoms with Crippen LogP contribution in [0, 0.1) is 0 Å². The van der Waals surface area contributed by atoms with Gasteiger partial charge >= 0.3 is 0 Å². The first-order chi connectivity index (χ1) is 6.93. The third-order valence-electron chi connectivity index (χ3n) is 2.14. The molecule has 0 saturated carbocycles. The van der Waals surface area contributed by atoms with Gasteiger partial charge in [0.15, 0.2) is 0 Å². The van der Waals surface area contributed by atoms with Crippen LogP contribution in [0.3, 0.4) is 0 Å². The molecule has 0 aliphatic heterocycles. The molecule has 0 amide bonds. The highest BCUT2D eigenvalue weighted by molar-refractivity contribution is 5.48. The molecular weight excluding hydrogens is 168 g/mol. The van der Waals surface area contributed by atoms with Crippen LogP contribution < -0.4 is 0 Å². The van der Waals surface area contributed by atoms with Crippen LogP contribution in [0.4, 0.5) is 0 Å². The second-order valence-electron chi connectivity index (χ2n) is 3.39. The number of rotatable bonds is 6. The minimum Gasteiger partial charge on any atom is -0.103 e. The van der Waals surface area contributed by atoms with Crippen LogP contribution in [-0.2, 0) is 0 Å². The van der Waals surface area contributed by atoms with E-state index in [1.165, 1.54) is 24.8 Å². The Labute approximate surface area is 87.0 Å². The van der Waals surface area contributed by atoms with Crippen LogP contribution in [0.2, 0.25) is 0 Å². The summed E-state index contributed by atoms with van der Waals surface area (Å²) in [5.41, 5.74) is 1.29. The number of hydrogen-bond acceptors (Lipinski definition) is 0. The maximum atomic E-state index is 3.71. The van der Waals surface area contributed by atoms with E-state index in [9.17, 15) is 0 Å². The van der Waals surface area contributed by atoms with E-state index in [1.54, 1.807) is 0 Å². The molecule has 0 aliphatic rings. The highest BCUT2D eigenvalue weighted by Crippen LogP contribution is 2.05. The van der Waals surface area contributed by atoms with E-state index in [4.69, 9.17) is 0 Å². The molecule has 1 rings (SSSR count). The average molecular weight is 186 g/mol. The molecule has 0 N–H and O–H groups in total. The predicted octanol–water partition coefficient (Wildman–Crippen LogP) is 4.45. The van der Waals surface area contributed by atoms with Gasteiger partial charge in [0.25, 0.3) is 0 Å². The summed E-state index contributed by atoms with van der Waals surface area (Å²) in [5, 5.41) is 0. The zero-order valence-electron chi connectivity index (χ0n) is 8.65. The van der Waals surface area contributed by atoms with Crippen LogP contribution in [-0.4, -0.2) is 0 Å². The fourth-order valence-corrected chi connectivity index (χ4v) is 1.33. The van der Waals surface area contributed by atoms with Gasteiger partial charge in [-0.2, -0.15) is 0 Å². The molecule has 0 spiro atoms. The van der Waals surface area contributed by atoms with Crippen LogP contribution in [0.1, 0.15) is 31.2 Å². The molecule has 0 aliphatic carbocycles. The second kappa shape index (κ2) is 7.14. The lowest BCUT2D eigenvalue weighted by atomic mass is 10.1. The van der Waals surface area contributed by atoms with E-state index in [-0.39, 0.29) is 0 Å². The zero-order valence-corrected chi connectivity index (χ0v) is 8.65. The fraction of sp³-hybridized carbons (Fsp3) is 0.286. The van der Waals surface area contributed by atoms with Gasteiger partial charge in [-0.15, -0.1) is 6.58 Å². The summed E-state index contributed by atoms with van der Waals surface area (Å²) >= 11 is 0. The summed E-state index contributed by atoms with van der Waals surface area (Å²) in [6.07, 6.45) is 11.2. The SMILES string of the molecule is C=CCCCC/C=C/c1ccccc1. The van der Waals surface area contributed by atoms with Crippen molar-refractivity contribution < 1.29 is 0 Å². The van der Waals surface area contributed by atoms with Crippen molar-refractivity contribution in [3.8, 4) is 0 Å². The van der Waals surface area contributed by atoms with Gasteiger partial charge in [-0.1, -0.05) is 48.6 Å². The van der Waals surface area contributed by atoms with Gasteiger partial charge in [0, 0.05) is 0 Å². The Kier molecular flexibility index (Phi) is 5.49. The molecule has 0 bridgehead atoms. The first-order valence-electron chi connectivity index (χ1n) is 5.26. The van der Waals surface area contributed by atoms with Crippen molar-refractivity contribution in [2.24, 2.45) is 0 Å². The normalized spacial score (nSPS) is 10.6. The van der Waals surface area contributed by atoms with Gasteiger partial charge in [0.1, 0.15) is 0 Å². The number of hydrogen-bond donors (Lipinski definition) is 0. The molecule has 0 radical (unpaired) electrons. The van der Waals surface area contributed by atoms with Gasteiger partial charge in [0.2, 0.25) is 0 Å². The molecule has 0 saturated heterocycles. The molecule has 0 atom stereocenters. The van der Waals surface area contributed by atoms with Crippen molar-refractivity contribution in [2.75, 3.05) is 0 Å². The fourth-order valence-electron chi connectivity index (χ4n) is 1.33. The topological polar surface area (TPSA) is 0 Å². The highest BCUT2D eigenvalue weighted by atomic mass is 13.9. The summed E-state index contributed by atoms with van der Waals surface area (Å²) < 4.78 is 0. The Bertz CT molecular complexity index is 269. The molecule has 14 heavy (non-hydrogen) atoms. The standard InChI is InChI=1S/C14H18/c1-2-3-4-5-6-8-11-14-12-9-7-10-13-14/h2,7-13H,1,3-6H2/b11-8+. The molecule has 74 valence electrons. The van der Waals surface area contributed by atoms with Crippen LogP contribution in [0.5, 0.6) is 0 Å². The number of unbranched alkanes of at least 4 members (excludes halogenated alkanes) is 3. The van der Waals surface area contributed by atoms with E-state index < -0.39 is 0 Å². The summed E-state index contributed by atoms with van der Waals surface area (Å²) in [5.74, 6) is 0. The van der Waals surface area contributed by atoms with E-state index in [1.807, 2.05) is 12.1 Å². The smallest absolute Gasteiger partial charge is 0.0260 e. The first kappa shape index (κ1) is 10.8. The van der Waals surface area contributed by atoms with Gasteiger partial charge in [-0.05, 0) is 31.2 Å². The molecule has 0 heterocycles. The lowest BCUT2D eigenvalue weighted by molar-refractivity contribution is 0.764. The maximum Gasteiger partial charge on any atom is -0.0260 e. The third kappa shape index (κ3) is 4.66. The van der Waals surface area contributed by atoms with Gasteiger partial charge < -0.3 is 0 Å². The lowest BCUT2D eigenvalue weighted by Crippen LogP contribution is -1.72. The van der Waals surface area contributed by atoms with E-state index in [0.717, 1.165) is 6.42 Å². The van der Waals surface area contributed by atoms with Gasteiger partial charge in [-0.3, -0.25) is 0 Å². The molecule has 0 fully saturated rings. The lowest BCUT2D eigenvalue weighted by Gasteiger charge is -1.93. The summed E-state index contributed by atoms with van der Waals surface area (Å²) in [4.78, 5) is 0. The Balaban J connectivity index is 2.18. The predicted molar refractivity (Wildman–Crippen MR) is 64.1 cm³/mol. The van der Waals surface area contributed by atoms with E-state index in [2.05, 4.69) is 43.0 Å². The van der Waals surface area contributed by atoms with Crippen molar-refractivity contribution in [1.29, 1.82) is 0 Å². The average Bonchev–Trinajstić information content (AvgIpc) is 2.25. The van der Waals surface area contributed by atoms with Crippen molar-refractivity contribution in [1.82, 2.24) is 0 Å². The Morgan fingerprint density at radius 2 is 1.71 bits per heavy atom. The van der Waals surface area contributed by atoms with Crippen molar-refractivity contribution >= 4 is 6.08 Å². The van der Waals surface area contributed by atoms with Crippen LogP contribution >= 0.6 is 0 Å². The quantitative estimate of drug-likeness (QED) is 0.455. The van der Waals surface area contributed by atoms with E-state index >= 15 is 0 Å². The highest BCUT2D eigenvalue weighted by Gasteiger charge is 1.84. The minimum absolute atomic E-state index is 1.14. The zero-order chi connectivity index (χ0) is 10.1. The van der Waals surface area contributed by atoms with Crippen molar-refractivity contribution in [3.05, 3.63) is 54.6 Å². The molecular formula is C14H18. The Morgan fingerprint density at radius 1 is 1.00 bits per heavy atom. The van der Waals surface area contributed by atoms with Crippen molar-refractivity contribution in [2.45, 2.75) is 25.7 Å². The monoisotopic (exact) mass is 186 g/mol. The summed E-state index contributed by atoms with van der Waals surface area (Å²) in [7, 11) is 0. The molecule has 0 heteroatoms.